The molecule has 4 aliphatic carbocycles. The molecule has 9 nitrogen and oxygen atoms in total. The summed E-state index contributed by atoms with van der Waals surface area (Å²) in [6.45, 7) is 2.54. The van der Waals surface area contributed by atoms with E-state index < -0.39 is 4.92 Å². The normalized spacial score (nSPS) is 38.5. The van der Waals surface area contributed by atoms with Crippen molar-refractivity contribution in [1.29, 1.82) is 0 Å². The number of carbonyl (C=O) groups is 1. The number of hydrogen-bond donors (Lipinski definition) is 0. The van der Waals surface area contributed by atoms with E-state index in [-0.39, 0.29) is 22.8 Å². The Kier molecular flexibility index (Phi) is 3.41. The predicted molar refractivity (Wildman–Crippen MR) is 89.2 cm³/mol. The second-order valence-electron chi connectivity index (χ2n) is 8.62. The molecule has 4 saturated carbocycles. The first-order valence-electron chi connectivity index (χ1n) is 9.43. The minimum atomic E-state index is -0.550. The average molecular weight is 361 g/mol. The highest BCUT2D eigenvalue weighted by molar-refractivity contribution is 5.83. The van der Waals surface area contributed by atoms with Gasteiger partial charge in [-0.15, -0.1) is 0 Å². The van der Waals surface area contributed by atoms with Gasteiger partial charge in [0.15, 0.2) is 0 Å². The van der Waals surface area contributed by atoms with Gasteiger partial charge in [-0.05, 0) is 55.3 Å². The highest BCUT2D eigenvalue weighted by Gasteiger charge is 2.63. The molecule has 5 fully saturated rings. The van der Waals surface area contributed by atoms with E-state index in [1.54, 1.807) is 4.68 Å². The van der Waals surface area contributed by atoms with Gasteiger partial charge in [-0.2, -0.15) is 4.68 Å². The number of carbonyl (C=O) groups excluding carboxylic acids is 1. The molecule has 0 N–H and O–H groups in total. The van der Waals surface area contributed by atoms with Crippen molar-refractivity contribution in [2.75, 3.05) is 26.3 Å². The van der Waals surface area contributed by atoms with E-state index in [0.717, 1.165) is 38.5 Å². The van der Waals surface area contributed by atoms with Crippen LogP contribution in [0.1, 0.15) is 38.5 Å². The third-order valence-corrected chi connectivity index (χ3v) is 6.91. The Morgan fingerprint density at radius 1 is 1.23 bits per heavy atom. The molecule has 26 heavy (non-hydrogen) atoms. The molecule has 2 heterocycles. The fourth-order valence-electron chi connectivity index (χ4n) is 6.40. The minimum Gasteiger partial charge on any atom is -0.390 e. The van der Waals surface area contributed by atoms with Crippen LogP contribution in [0.15, 0.2) is 6.33 Å². The Morgan fingerprint density at radius 3 is 2.54 bits per heavy atom. The van der Waals surface area contributed by atoms with Gasteiger partial charge in [-0.1, -0.05) is 4.98 Å². The lowest BCUT2D eigenvalue weighted by Gasteiger charge is -2.60. The first kappa shape index (κ1) is 16.2. The Balaban J connectivity index is 1.49. The molecule has 1 aliphatic heterocycles. The second-order valence-corrected chi connectivity index (χ2v) is 8.62. The van der Waals surface area contributed by atoms with Crippen molar-refractivity contribution in [3.63, 3.8) is 0 Å². The maximum atomic E-state index is 13.5. The number of rotatable bonds is 3. The highest BCUT2D eigenvalue weighted by Crippen LogP contribution is 2.64. The van der Waals surface area contributed by atoms with Gasteiger partial charge in [0.2, 0.25) is 12.2 Å². The fourth-order valence-corrected chi connectivity index (χ4v) is 6.40. The van der Waals surface area contributed by atoms with Crippen LogP contribution in [0.5, 0.6) is 0 Å². The molecule has 1 saturated heterocycles. The van der Waals surface area contributed by atoms with E-state index in [4.69, 9.17) is 4.74 Å². The summed E-state index contributed by atoms with van der Waals surface area (Å²) in [6.07, 6.45) is 7.17. The topological polar surface area (TPSA) is 103 Å². The maximum Gasteiger partial charge on any atom is 0.490 e. The lowest BCUT2D eigenvalue weighted by Crippen LogP contribution is -2.62. The Labute approximate surface area is 150 Å². The van der Waals surface area contributed by atoms with Gasteiger partial charge >= 0.3 is 5.95 Å². The molecule has 9 heteroatoms. The van der Waals surface area contributed by atoms with E-state index in [2.05, 4.69) is 10.1 Å². The van der Waals surface area contributed by atoms with E-state index in [1.807, 2.05) is 4.90 Å². The van der Waals surface area contributed by atoms with Gasteiger partial charge in [0.1, 0.15) is 0 Å². The zero-order chi connectivity index (χ0) is 17.9. The van der Waals surface area contributed by atoms with Crippen LogP contribution in [0.25, 0.3) is 0 Å². The molecule has 0 radical (unpaired) electrons. The van der Waals surface area contributed by atoms with Crippen molar-refractivity contribution in [2.45, 2.75) is 44.1 Å². The van der Waals surface area contributed by atoms with Crippen LogP contribution in [-0.2, 0) is 15.1 Å². The standard InChI is InChI=1S/C17H23N5O4/c23-14(20-1-3-26-4-2-20)16-6-12-5-13(7-16)9-17(8-12,10-16)21-11-18-15(19-21)22(24)25/h11-13H,1-10H2/t12-,13-,16?,17?/m0/s1. The lowest BCUT2D eigenvalue weighted by atomic mass is 9.46. The summed E-state index contributed by atoms with van der Waals surface area (Å²) in [5.74, 6) is 0.886. The number of hydrogen-bond acceptors (Lipinski definition) is 6. The summed E-state index contributed by atoms with van der Waals surface area (Å²) in [5, 5.41) is 15.2. The molecule has 6 rings (SSSR count). The molecule has 1 aromatic heterocycles. The summed E-state index contributed by atoms with van der Waals surface area (Å²) in [4.78, 5) is 29.8. The Morgan fingerprint density at radius 2 is 1.92 bits per heavy atom. The van der Waals surface area contributed by atoms with E-state index in [1.165, 1.54) is 6.33 Å². The SMILES string of the molecule is O=C(N1CCOCC1)C12C[C@@H]3C[C@@H](C1)CC(n1cnc([N+](=O)[O-])n1)(C3)C2. The number of nitrogens with zero attached hydrogens (tertiary/aromatic N) is 5. The van der Waals surface area contributed by atoms with E-state index in [0.29, 0.717) is 38.1 Å². The number of nitro groups is 1. The van der Waals surface area contributed by atoms with Crippen molar-refractivity contribution in [3.05, 3.63) is 16.4 Å². The smallest absolute Gasteiger partial charge is 0.390 e. The molecule has 0 unspecified atom stereocenters. The molecule has 1 amide bonds. The maximum absolute atomic E-state index is 13.5. The summed E-state index contributed by atoms with van der Waals surface area (Å²) < 4.78 is 7.12. The predicted octanol–water partition coefficient (Wildman–Crippen LogP) is 1.34. The summed E-state index contributed by atoms with van der Waals surface area (Å²) in [6, 6.07) is 0. The Bertz CT molecular complexity index is 742. The van der Waals surface area contributed by atoms with Crippen LogP contribution in [0.2, 0.25) is 0 Å². The van der Waals surface area contributed by atoms with Crippen molar-refractivity contribution >= 4 is 11.9 Å². The Hall–Kier alpha value is -2.03. The largest absolute Gasteiger partial charge is 0.490 e. The van der Waals surface area contributed by atoms with Crippen LogP contribution < -0.4 is 0 Å². The number of amides is 1. The third-order valence-electron chi connectivity index (χ3n) is 6.91. The molecular weight excluding hydrogens is 338 g/mol. The van der Waals surface area contributed by atoms with Gasteiger partial charge < -0.3 is 19.8 Å². The van der Waals surface area contributed by atoms with Crippen molar-refractivity contribution in [3.8, 4) is 0 Å². The quantitative estimate of drug-likeness (QED) is 0.594. The zero-order valence-electron chi connectivity index (χ0n) is 14.7. The zero-order valence-corrected chi connectivity index (χ0v) is 14.7. The van der Waals surface area contributed by atoms with Crippen LogP contribution in [0.3, 0.4) is 0 Å². The first-order valence-corrected chi connectivity index (χ1v) is 9.43. The molecule has 140 valence electrons. The monoisotopic (exact) mass is 361 g/mol. The molecule has 0 spiro atoms. The minimum absolute atomic E-state index is 0.258. The van der Waals surface area contributed by atoms with Crippen LogP contribution in [0.4, 0.5) is 5.95 Å². The lowest BCUT2D eigenvalue weighted by molar-refractivity contribution is -0.394. The third kappa shape index (κ3) is 2.29. The van der Waals surface area contributed by atoms with Crippen LogP contribution in [0, 0.1) is 27.4 Å². The summed E-state index contributed by atoms with van der Waals surface area (Å²) in [7, 11) is 0. The average Bonchev–Trinajstić information content (AvgIpc) is 3.12. The van der Waals surface area contributed by atoms with Gasteiger partial charge in [0.25, 0.3) is 0 Å². The van der Waals surface area contributed by atoms with Gasteiger partial charge in [-0.25, -0.2) is 0 Å². The number of aromatic nitrogens is 3. The second kappa shape index (κ2) is 5.48. The molecule has 4 bridgehead atoms. The van der Waals surface area contributed by atoms with Crippen LogP contribution >= 0.6 is 0 Å². The van der Waals surface area contributed by atoms with Gasteiger partial charge in [0, 0.05) is 18.2 Å². The molecule has 0 aromatic carbocycles. The molecular formula is C17H23N5O4. The highest BCUT2D eigenvalue weighted by atomic mass is 16.6. The van der Waals surface area contributed by atoms with E-state index >= 15 is 0 Å². The molecule has 5 aliphatic rings. The molecule has 1 aromatic rings. The summed E-state index contributed by atoms with van der Waals surface area (Å²) in [5.41, 5.74) is -0.643. The molecule has 2 atom stereocenters. The van der Waals surface area contributed by atoms with Crippen LogP contribution in [-0.4, -0.2) is 56.8 Å². The number of ether oxygens (including phenoxy) is 1. The van der Waals surface area contributed by atoms with Gasteiger partial charge in [0.05, 0.1) is 24.2 Å². The van der Waals surface area contributed by atoms with Crippen molar-refractivity contribution in [1.82, 2.24) is 19.7 Å². The first-order chi connectivity index (χ1) is 12.5. The van der Waals surface area contributed by atoms with E-state index in [9.17, 15) is 14.9 Å². The number of morpholine rings is 1. The fraction of sp³-hybridized carbons (Fsp3) is 0.824. The van der Waals surface area contributed by atoms with Gasteiger partial charge in [-0.3, -0.25) is 4.79 Å². The van der Waals surface area contributed by atoms with Crippen molar-refractivity contribution in [2.24, 2.45) is 17.3 Å². The summed E-state index contributed by atoms with van der Waals surface area (Å²) >= 11 is 0. The van der Waals surface area contributed by atoms with Crippen molar-refractivity contribution < 1.29 is 14.5 Å².